The second kappa shape index (κ2) is 7.00. The molecule has 1 aliphatic heterocycles. The molecule has 6 nitrogen and oxygen atoms in total. The normalized spacial score (nSPS) is 16.2. The van der Waals surface area contributed by atoms with Crippen LogP contribution in [0.4, 0.5) is 10.5 Å². The summed E-state index contributed by atoms with van der Waals surface area (Å²) in [5.74, 6) is -0.0691. The number of piperazine rings is 1. The van der Waals surface area contributed by atoms with Gasteiger partial charge in [-0.1, -0.05) is 18.2 Å². The summed E-state index contributed by atoms with van der Waals surface area (Å²) in [7, 11) is 0. The number of rotatable bonds is 3. The monoisotopic (exact) mass is 344 g/mol. The zero-order valence-electron chi connectivity index (χ0n) is 13.7. The van der Waals surface area contributed by atoms with Gasteiger partial charge in [0.1, 0.15) is 11.6 Å². The number of aryl methyl sites for hydroxylation is 1. The zero-order valence-corrected chi connectivity index (χ0v) is 14.5. The highest BCUT2D eigenvalue weighted by Crippen LogP contribution is 2.20. The quantitative estimate of drug-likeness (QED) is 0.931. The highest BCUT2D eigenvalue weighted by molar-refractivity contribution is 7.11. The standard InChI is InChI=1S/C17H20N4O2S/c1-12-10-18-16(24-12)13(2)19-17(23)20-8-9-21(15(22)11-20)14-6-4-3-5-7-14/h3-7,10,13H,8-9,11H2,1-2H3,(H,19,23). The third-order valence-electron chi connectivity index (χ3n) is 3.93. The van der Waals surface area contributed by atoms with Crippen molar-refractivity contribution >= 4 is 29.0 Å². The molecular formula is C17H20N4O2S. The molecule has 2 heterocycles. The van der Waals surface area contributed by atoms with Crippen LogP contribution in [-0.2, 0) is 4.79 Å². The van der Waals surface area contributed by atoms with E-state index >= 15 is 0 Å². The third-order valence-corrected chi connectivity index (χ3v) is 5.02. The average Bonchev–Trinajstić information content (AvgIpc) is 3.02. The first-order chi connectivity index (χ1) is 11.5. The van der Waals surface area contributed by atoms with E-state index in [1.165, 1.54) is 0 Å². The Hall–Kier alpha value is -2.41. The van der Waals surface area contributed by atoms with Gasteiger partial charge >= 0.3 is 6.03 Å². The van der Waals surface area contributed by atoms with Crippen LogP contribution < -0.4 is 10.2 Å². The molecule has 1 aromatic carbocycles. The van der Waals surface area contributed by atoms with Gasteiger partial charge < -0.3 is 15.1 Å². The molecule has 3 rings (SSSR count). The van der Waals surface area contributed by atoms with E-state index in [1.54, 1.807) is 27.3 Å². The van der Waals surface area contributed by atoms with Gasteiger partial charge in [-0.15, -0.1) is 11.3 Å². The molecule has 0 radical (unpaired) electrons. The van der Waals surface area contributed by atoms with Crippen molar-refractivity contribution in [2.24, 2.45) is 0 Å². The second-order valence-corrected chi connectivity index (χ2v) is 7.05. The predicted molar refractivity (Wildman–Crippen MR) is 94.2 cm³/mol. The Bertz CT molecular complexity index is 731. The van der Waals surface area contributed by atoms with E-state index in [0.29, 0.717) is 13.1 Å². The number of carbonyl (C=O) groups is 2. The first-order valence-corrected chi connectivity index (χ1v) is 8.69. The molecule has 1 N–H and O–H groups in total. The number of nitrogens with one attached hydrogen (secondary N) is 1. The predicted octanol–water partition coefficient (Wildman–Crippen LogP) is 2.57. The third kappa shape index (κ3) is 3.56. The largest absolute Gasteiger partial charge is 0.329 e. The van der Waals surface area contributed by atoms with Crippen LogP contribution in [0.25, 0.3) is 0 Å². The second-order valence-electron chi connectivity index (χ2n) is 5.78. The Kier molecular flexibility index (Phi) is 4.80. The van der Waals surface area contributed by atoms with Crippen molar-refractivity contribution in [3.05, 3.63) is 46.4 Å². The van der Waals surface area contributed by atoms with E-state index in [-0.39, 0.29) is 24.5 Å². The first kappa shape index (κ1) is 16.4. The number of hydrogen-bond acceptors (Lipinski definition) is 4. The first-order valence-electron chi connectivity index (χ1n) is 7.88. The maximum atomic E-state index is 12.4. The van der Waals surface area contributed by atoms with Gasteiger partial charge in [0.25, 0.3) is 0 Å². The minimum Gasteiger partial charge on any atom is -0.329 e. The number of urea groups is 1. The van der Waals surface area contributed by atoms with E-state index in [4.69, 9.17) is 0 Å². The molecule has 3 amide bonds. The van der Waals surface area contributed by atoms with Crippen LogP contribution in [0.2, 0.25) is 0 Å². The molecule has 2 aromatic rings. The van der Waals surface area contributed by atoms with Gasteiger partial charge in [-0.05, 0) is 26.0 Å². The molecule has 1 aromatic heterocycles. The number of carbonyl (C=O) groups excluding carboxylic acids is 2. The van der Waals surface area contributed by atoms with Gasteiger partial charge in [-0.25, -0.2) is 9.78 Å². The molecule has 7 heteroatoms. The van der Waals surface area contributed by atoms with Crippen LogP contribution in [0.5, 0.6) is 0 Å². The number of para-hydroxylation sites is 1. The van der Waals surface area contributed by atoms with Crippen molar-refractivity contribution in [2.75, 3.05) is 24.5 Å². The molecule has 126 valence electrons. The number of thiazole rings is 1. The Balaban J connectivity index is 1.59. The number of hydrogen-bond donors (Lipinski definition) is 1. The fourth-order valence-corrected chi connectivity index (χ4v) is 3.41. The summed E-state index contributed by atoms with van der Waals surface area (Å²) in [6.45, 7) is 4.98. The molecule has 1 fully saturated rings. The number of aromatic nitrogens is 1. The maximum absolute atomic E-state index is 12.4. The molecule has 1 aliphatic rings. The van der Waals surface area contributed by atoms with Crippen molar-refractivity contribution in [3.63, 3.8) is 0 Å². The van der Waals surface area contributed by atoms with Gasteiger partial charge in [-0.2, -0.15) is 0 Å². The van der Waals surface area contributed by atoms with Crippen molar-refractivity contribution < 1.29 is 9.59 Å². The van der Waals surface area contributed by atoms with E-state index in [9.17, 15) is 9.59 Å². The lowest BCUT2D eigenvalue weighted by Gasteiger charge is -2.34. The van der Waals surface area contributed by atoms with Crippen molar-refractivity contribution in [3.8, 4) is 0 Å². The summed E-state index contributed by atoms with van der Waals surface area (Å²) in [6, 6.07) is 9.13. The molecule has 0 aliphatic carbocycles. The Labute approximate surface area is 145 Å². The summed E-state index contributed by atoms with van der Waals surface area (Å²) < 4.78 is 0. The van der Waals surface area contributed by atoms with Crippen LogP contribution in [-0.4, -0.2) is 41.5 Å². The number of benzene rings is 1. The van der Waals surface area contributed by atoms with E-state index in [2.05, 4.69) is 10.3 Å². The van der Waals surface area contributed by atoms with Crippen LogP contribution in [0, 0.1) is 6.92 Å². The number of amides is 3. The van der Waals surface area contributed by atoms with Gasteiger partial charge in [0.2, 0.25) is 5.91 Å². The number of anilines is 1. The minimum absolute atomic E-state index is 0.0691. The molecule has 0 bridgehead atoms. The van der Waals surface area contributed by atoms with Crippen molar-refractivity contribution in [1.82, 2.24) is 15.2 Å². The van der Waals surface area contributed by atoms with E-state index < -0.39 is 0 Å². The van der Waals surface area contributed by atoms with Gasteiger partial charge in [0, 0.05) is 29.9 Å². The SMILES string of the molecule is Cc1cnc(C(C)NC(=O)N2CCN(c3ccccc3)C(=O)C2)s1. The molecule has 1 saturated heterocycles. The Morgan fingerprint density at radius 3 is 2.67 bits per heavy atom. The lowest BCUT2D eigenvalue weighted by Crippen LogP contribution is -2.55. The van der Waals surface area contributed by atoms with E-state index in [1.807, 2.05) is 44.2 Å². The fraction of sp³-hybridized carbons (Fsp3) is 0.353. The molecule has 1 atom stereocenters. The summed E-state index contributed by atoms with van der Waals surface area (Å²) in [5, 5.41) is 3.79. The van der Waals surface area contributed by atoms with Crippen LogP contribution in [0.1, 0.15) is 22.9 Å². The van der Waals surface area contributed by atoms with Crippen molar-refractivity contribution in [2.45, 2.75) is 19.9 Å². The van der Waals surface area contributed by atoms with Crippen molar-refractivity contribution in [1.29, 1.82) is 0 Å². The molecular weight excluding hydrogens is 324 g/mol. The summed E-state index contributed by atoms with van der Waals surface area (Å²) >= 11 is 1.56. The van der Waals surface area contributed by atoms with E-state index in [0.717, 1.165) is 15.6 Å². The molecule has 0 spiro atoms. The lowest BCUT2D eigenvalue weighted by molar-refractivity contribution is -0.120. The van der Waals surface area contributed by atoms with Gasteiger partial charge in [0.05, 0.1) is 6.04 Å². The summed E-state index contributed by atoms with van der Waals surface area (Å²) in [5.41, 5.74) is 0.870. The summed E-state index contributed by atoms with van der Waals surface area (Å²) in [6.07, 6.45) is 1.80. The van der Waals surface area contributed by atoms with Gasteiger partial charge in [0.15, 0.2) is 0 Å². The average molecular weight is 344 g/mol. The zero-order chi connectivity index (χ0) is 17.1. The highest BCUT2D eigenvalue weighted by Gasteiger charge is 2.28. The van der Waals surface area contributed by atoms with Crippen LogP contribution >= 0.6 is 11.3 Å². The molecule has 0 saturated carbocycles. The Morgan fingerprint density at radius 1 is 1.29 bits per heavy atom. The fourth-order valence-electron chi connectivity index (χ4n) is 2.64. The minimum atomic E-state index is -0.226. The highest BCUT2D eigenvalue weighted by atomic mass is 32.1. The van der Waals surface area contributed by atoms with Crippen LogP contribution in [0.15, 0.2) is 36.5 Å². The van der Waals surface area contributed by atoms with Crippen LogP contribution in [0.3, 0.4) is 0 Å². The molecule has 24 heavy (non-hydrogen) atoms. The summed E-state index contributed by atoms with van der Waals surface area (Å²) in [4.78, 5) is 33.4. The lowest BCUT2D eigenvalue weighted by atomic mass is 10.2. The Morgan fingerprint density at radius 2 is 2.04 bits per heavy atom. The topological polar surface area (TPSA) is 65.5 Å². The molecule has 1 unspecified atom stereocenters. The number of nitrogens with zero attached hydrogens (tertiary/aromatic N) is 3. The maximum Gasteiger partial charge on any atom is 0.318 e. The smallest absolute Gasteiger partial charge is 0.318 e. The van der Waals surface area contributed by atoms with Gasteiger partial charge in [-0.3, -0.25) is 4.79 Å².